The van der Waals surface area contributed by atoms with Crippen molar-refractivity contribution in [3.63, 3.8) is 0 Å². The van der Waals surface area contributed by atoms with Gasteiger partial charge in [0.15, 0.2) is 5.82 Å². The molecule has 0 spiro atoms. The number of hydrogen-bond donors (Lipinski definition) is 5. The van der Waals surface area contributed by atoms with Crippen molar-refractivity contribution in [1.29, 1.82) is 0 Å². The zero-order chi connectivity index (χ0) is 44.9. The van der Waals surface area contributed by atoms with Crippen LogP contribution < -0.4 is 21.3 Å². The molecule has 2 aromatic heterocycles. The topological polar surface area (TPSA) is 156 Å². The van der Waals surface area contributed by atoms with Gasteiger partial charge in [0.25, 0.3) is 0 Å². The summed E-state index contributed by atoms with van der Waals surface area (Å²) < 4.78 is 61.8. The van der Waals surface area contributed by atoms with Gasteiger partial charge in [-0.3, -0.25) is 19.2 Å². The van der Waals surface area contributed by atoms with E-state index >= 15 is 8.78 Å². The lowest BCUT2D eigenvalue weighted by molar-refractivity contribution is -0.139. The normalized spacial score (nSPS) is 20.7. The van der Waals surface area contributed by atoms with E-state index in [9.17, 15) is 28.0 Å². The Morgan fingerprint density at radius 1 is 0.836 bits per heavy atom. The summed E-state index contributed by atoms with van der Waals surface area (Å²) in [5, 5.41) is 11.9. The number of likely N-dealkylation sites (tertiary alicyclic amines) is 2. The standard InChI is InChI=1S/C40H50F4N8O4.C4H11N/c1-20(2)34(46-19-53)39(55)50-16-25(43)11-27(50)15-30-29-9-7-23(41)13-31(29)47-36(30)37-48-32-14-24(42)8-10-33(32)52(37)18-28-12-26(44)17-51(28)40(56)35(21(3)4)49-38(54)22(5)45-6;1-4(2)5-3/h7-10,13-14,19-22,25-28,34-35,45,47H,11-12,15-18H2,1-6H3,(H,46,53)(H,49,54);4-5H,1-3H3. The minimum Gasteiger partial charge on any atom is -0.352 e. The van der Waals surface area contributed by atoms with E-state index in [4.69, 9.17) is 4.98 Å². The molecule has 13 nitrogen and oxygen atoms in total. The molecule has 4 heterocycles. The van der Waals surface area contributed by atoms with Crippen molar-refractivity contribution in [3.8, 4) is 11.5 Å². The molecule has 0 bridgehead atoms. The fraction of sp³-hybridized carbons (Fsp3) is 0.568. The van der Waals surface area contributed by atoms with Crippen LogP contribution in [-0.4, -0.2) is 124 Å². The van der Waals surface area contributed by atoms with Crippen molar-refractivity contribution in [2.75, 3.05) is 27.2 Å². The van der Waals surface area contributed by atoms with E-state index < -0.39 is 66.0 Å². The van der Waals surface area contributed by atoms with Gasteiger partial charge in [-0.2, -0.15) is 0 Å². The summed E-state index contributed by atoms with van der Waals surface area (Å²) in [5.74, 6) is -2.58. The number of halogens is 4. The Morgan fingerprint density at radius 3 is 2.00 bits per heavy atom. The van der Waals surface area contributed by atoms with E-state index in [1.807, 2.05) is 7.05 Å². The molecule has 17 heteroatoms. The van der Waals surface area contributed by atoms with Crippen LogP contribution in [0.15, 0.2) is 36.4 Å². The van der Waals surface area contributed by atoms with Crippen molar-refractivity contribution < 1.29 is 36.7 Å². The third-order valence-electron chi connectivity index (χ3n) is 11.7. The molecular formula is C44H61F4N9O4. The zero-order valence-electron chi connectivity index (χ0n) is 36.5. The van der Waals surface area contributed by atoms with Crippen LogP contribution in [0, 0.1) is 23.5 Å². The van der Waals surface area contributed by atoms with Crippen LogP contribution >= 0.6 is 0 Å². The number of aromatic nitrogens is 3. The van der Waals surface area contributed by atoms with Crippen LogP contribution in [0.4, 0.5) is 17.6 Å². The lowest BCUT2D eigenvalue weighted by atomic mass is 9.98. The van der Waals surface area contributed by atoms with Crippen molar-refractivity contribution >= 4 is 46.1 Å². The highest BCUT2D eigenvalue weighted by Gasteiger charge is 2.42. The third-order valence-corrected chi connectivity index (χ3v) is 11.7. The number of benzene rings is 2. The predicted molar refractivity (Wildman–Crippen MR) is 228 cm³/mol. The van der Waals surface area contributed by atoms with Crippen molar-refractivity contribution in [1.82, 2.24) is 45.6 Å². The van der Waals surface area contributed by atoms with Crippen LogP contribution in [0.2, 0.25) is 0 Å². The van der Waals surface area contributed by atoms with Gasteiger partial charge in [-0.05, 0) is 75.2 Å². The van der Waals surface area contributed by atoms with Crippen LogP contribution in [0.1, 0.15) is 66.9 Å². The molecule has 6 rings (SSSR count). The maximum Gasteiger partial charge on any atom is 0.245 e. The molecule has 334 valence electrons. The van der Waals surface area contributed by atoms with E-state index in [0.717, 1.165) is 0 Å². The average Bonchev–Trinajstić information content (AvgIpc) is 3.97. The quantitative estimate of drug-likeness (QED) is 0.0832. The number of alkyl halides is 2. The largest absolute Gasteiger partial charge is 0.352 e. The smallest absolute Gasteiger partial charge is 0.245 e. The van der Waals surface area contributed by atoms with Gasteiger partial charge in [0.1, 0.15) is 36.1 Å². The summed E-state index contributed by atoms with van der Waals surface area (Å²) in [6.07, 6.45) is -2.09. The van der Waals surface area contributed by atoms with Crippen LogP contribution in [-0.2, 0) is 32.1 Å². The number of rotatable bonds is 15. The Labute approximate surface area is 354 Å². The number of carbonyl (C=O) groups is 4. The highest BCUT2D eigenvalue weighted by molar-refractivity contribution is 5.93. The number of likely N-dealkylation sites (N-methyl/N-ethyl adjacent to an activating group) is 1. The first kappa shape index (κ1) is 47.0. The Bertz CT molecular complexity index is 2170. The SMILES string of the molecule is CNC(C)C.CNC(C)C(=O)NC(C(=O)N1CC(F)CC1Cn1c(-c2[nH]c3cc(F)ccc3c2CC2CC(F)CN2C(=O)C(NC=O)C(C)C)nc2cc(F)ccc21)C(C)C. The van der Waals surface area contributed by atoms with E-state index in [1.165, 1.54) is 34.1 Å². The summed E-state index contributed by atoms with van der Waals surface area (Å²) in [6, 6.07) is 5.21. The van der Waals surface area contributed by atoms with Gasteiger partial charge >= 0.3 is 0 Å². The number of amides is 4. The first-order valence-corrected chi connectivity index (χ1v) is 21.1. The van der Waals surface area contributed by atoms with E-state index in [-0.39, 0.29) is 62.2 Å². The number of carbonyl (C=O) groups excluding carboxylic acids is 4. The molecule has 2 aliphatic rings. The number of aromatic amines is 1. The number of nitrogens with one attached hydrogen (secondary N) is 5. The van der Waals surface area contributed by atoms with Crippen LogP contribution in [0.25, 0.3) is 33.5 Å². The summed E-state index contributed by atoms with van der Waals surface area (Å²) in [7, 11) is 3.58. The highest BCUT2D eigenvalue weighted by atomic mass is 19.1. The summed E-state index contributed by atoms with van der Waals surface area (Å²) in [6.45, 7) is 12.7. The maximum absolute atomic E-state index is 15.4. The third kappa shape index (κ3) is 10.7. The summed E-state index contributed by atoms with van der Waals surface area (Å²) in [5.41, 5.74) is 2.18. The fourth-order valence-corrected chi connectivity index (χ4v) is 8.08. The first-order chi connectivity index (χ1) is 28.9. The molecule has 5 N–H and O–H groups in total. The van der Waals surface area contributed by atoms with Crippen LogP contribution in [0.5, 0.6) is 0 Å². The number of fused-ring (bicyclic) bond motifs is 2. The van der Waals surface area contributed by atoms with Gasteiger partial charge < -0.3 is 40.6 Å². The molecule has 2 aromatic carbocycles. The molecular weight excluding hydrogens is 795 g/mol. The van der Waals surface area contributed by atoms with Crippen molar-refractivity contribution in [3.05, 3.63) is 53.6 Å². The minimum atomic E-state index is -1.35. The monoisotopic (exact) mass is 855 g/mol. The Hall–Kier alpha value is -5.03. The molecule has 0 saturated carbocycles. The second-order valence-corrected chi connectivity index (χ2v) is 17.2. The van der Waals surface area contributed by atoms with Gasteiger partial charge in [0.05, 0.1) is 41.9 Å². The summed E-state index contributed by atoms with van der Waals surface area (Å²) >= 11 is 0. The maximum atomic E-state index is 15.4. The van der Waals surface area contributed by atoms with Crippen LogP contribution in [0.3, 0.4) is 0 Å². The number of imidazole rings is 1. The molecule has 4 amide bonds. The van der Waals surface area contributed by atoms with Crippen molar-refractivity contribution in [2.45, 2.75) is 123 Å². The average molecular weight is 856 g/mol. The summed E-state index contributed by atoms with van der Waals surface area (Å²) in [4.78, 5) is 63.2. The molecule has 2 fully saturated rings. The fourth-order valence-electron chi connectivity index (χ4n) is 8.08. The number of nitrogens with zero attached hydrogens (tertiary/aromatic N) is 4. The minimum absolute atomic E-state index is 0.00856. The van der Waals surface area contributed by atoms with Gasteiger partial charge in [-0.1, -0.05) is 41.5 Å². The lowest BCUT2D eigenvalue weighted by Gasteiger charge is -2.32. The van der Waals surface area contributed by atoms with Gasteiger partial charge in [0, 0.05) is 48.4 Å². The second kappa shape index (κ2) is 20.2. The molecule has 2 aliphatic heterocycles. The Kier molecular flexibility index (Phi) is 15.6. The van der Waals surface area contributed by atoms with Gasteiger partial charge in [0.2, 0.25) is 24.1 Å². The second-order valence-electron chi connectivity index (χ2n) is 17.2. The highest BCUT2D eigenvalue weighted by Crippen LogP contribution is 2.37. The molecule has 7 atom stereocenters. The van der Waals surface area contributed by atoms with E-state index in [2.05, 4.69) is 40.1 Å². The van der Waals surface area contributed by atoms with Gasteiger partial charge in [-0.25, -0.2) is 22.5 Å². The van der Waals surface area contributed by atoms with Gasteiger partial charge in [-0.15, -0.1) is 0 Å². The lowest BCUT2D eigenvalue weighted by Crippen LogP contribution is -2.55. The van der Waals surface area contributed by atoms with Crippen molar-refractivity contribution in [2.24, 2.45) is 11.8 Å². The Balaban J connectivity index is 0.00000133. The number of H-pyrrole nitrogens is 1. The number of hydrogen-bond acceptors (Lipinski definition) is 7. The predicted octanol–water partition coefficient (Wildman–Crippen LogP) is 5.02. The first-order valence-electron chi connectivity index (χ1n) is 21.1. The zero-order valence-corrected chi connectivity index (χ0v) is 36.5. The molecule has 61 heavy (non-hydrogen) atoms. The van der Waals surface area contributed by atoms with E-state index in [1.54, 1.807) is 58.4 Å². The molecule has 2 saturated heterocycles. The molecule has 0 aliphatic carbocycles. The molecule has 0 radical (unpaired) electrons. The molecule has 4 aromatic rings. The van der Waals surface area contributed by atoms with E-state index in [0.29, 0.717) is 46.0 Å². The Morgan fingerprint density at radius 2 is 1.41 bits per heavy atom. The molecule has 7 unspecified atom stereocenters.